The van der Waals surface area contributed by atoms with Crippen molar-refractivity contribution in [3.05, 3.63) is 70.8 Å². The molecule has 1 fully saturated rings. The van der Waals surface area contributed by atoms with Crippen LogP contribution in [0.15, 0.2) is 48.5 Å². The van der Waals surface area contributed by atoms with Gasteiger partial charge in [0.1, 0.15) is 6.54 Å². The lowest BCUT2D eigenvalue weighted by molar-refractivity contribution is -0.918. The predicted octanol–water partition coefficient (Wildman–Crippen LogP) is 1.56. The summed E-state index contributed by atoms with van der Waals surface area (Å²) in [6.45, 7) is 4.11. The van der Waals surface area contributed by atoms with E-state index in [0.717, 1.165) is 17.0 Å². The van der Waals surface area contributed by atoms with Crippen LogP contribution in [0.25, 0.3) is 0 Å². The molecular formula is C24H28N3O3+. The van der Waals surface area contributed by atoms with Gasteiger partial charge in [-0.2, -0.15) is 0 Å². The molecule has 0 radical (unpaired) electrons. The van der Waals surface area contributed by atoms with Gasteiger partial charge in [0, 0.05) is 25.1 Å². The van der Waals surface area contributed by atoms with Crippen molar-refractivity contribution < 1.29 is 19.3 Å². The van der Waals surface area contributed by atoms with E-state index in [0.29, 0.717) is 17.7 Å². The van der Waals surface area contributed by atoms with E-state index in [2.05, 4.69) is 29.6 Å². The van der Waals surface area contributed by atoms with Crippen LogP contribution in [0.1, 0.15) is 57.5 Å². The number of amides is 3. The van der Waals surface area contributed by atoms with E-state index in [-0.39, 0.29) is 30.7 Å². The van der Waals surface area contributed by atoms with Crippen LogP contribution in [0.4, 0.5) is 0 Å². The molecule has 2 heterocycles. The number of nitrogens with one attached hydrogen (secondary N) is 2. The van der Waals surface area contributed by atoms with Crippen LogP contribution in [-0.4, -0.2) is 42.3 Å². The minimum atomic E-state index is -0.324. The molecule has 30 heavy (non-hydrogen) atoms. The molecule has 0 aromatic heterocycles. The van der Waals surface area contributed by atoms with Crippen molar-refractivity contribution in [2.24, 2.45) is 0 Å². The molecule has 2 aliphatic rings. The number of hydrogen-bond donors (Lipinski definition) is 2. The first-order valence-corrected chi connectivity index (χ1v) is 10.7. The summed E-state index contributed by atoms with van der Waals surface area (Å²) < 4.78 is 0. The highest BCUT2D eigenvalue weighted by Crippen LogP contribution is 2.22. The van der Waals surface area contributed by atoms with E-state index in [1.807, 2.05) is 0 Å². The number of carbonyl (C=O) groups is 3. The number of imide groups is 1. The van der Waals surface area contributed by atoms with Crippen molar-refractivity contribution in [1.29, 1.82) is 0 Å². The predicted molar refractivity (Wildman–Crippen MR) is 113 cm³/mol. The molecule has 0 atom stereocenters. The highest BCUT2D eigenvalue weighted by Gasteiger charge is 2.34. The Morgan fingerprint density at radius 1 is 0.867 bits per heavy atom. The second-order valence-corrected chi connectivity index (χ2v) is 8.14. The van der Waals surface area contributed by atoms with Crippen molar-refractivity contribution in [3.63, 3.8) is 0 Å². The van der Waals surface area contributed by atoms with E-state index >= 15 is 0 Å². The number of quaternary nitrogens is 1. The van der Waals surface area contributed by atoms with Gasteiger partial charge in [0.15, 0.2) is 0 Å². The number of hydrogen-bond acceptors (Lipinski definition) is 3. The zero-order valence-corrected chi connectivity index (χ0v) is 17.2. The number of rotatable bonds is 7. The maximum absolute atomic E-state index is 12.3. The molecule has 2 aromatic rings. The molecule has 156 valence electrons. The van der Waals surface area contributed by atoms with E-state index in [9.17, 15) is 14.4 Å². The van der Waals surface area contributed by atoms with Crippen LogP contribution < -0.4 is 10.2 Å². The van der Waals surface area contributed by atoms with Gasteiger partial charge >= 0.3 is 0 Å². The van der Waals surface area contributed by atoms with Crippen molar-refractivity contribution in [3.8, 4) is 0 Å². The third-order valence-corrected chi connectivity index (χ3v) is 5.97. The second-order valence-electron chi connectivity index (χ2n) is 8.14. The SMILES string of the molecule is O=C(CCN1C(=O)c2ccccc2C1=O)NCc1ccc(C[NH+]2CCCCC2)cc1. The number of benzene rings is 2. The Morgan fingerprint density at radius 3 is 2.10 bits per heavy atom. The van der Waals surface area contributed by atoms with Crippen LogP contribution in [0.5, 0.6) is 0 Å². The van der Waals surface area contributed by atoms with Crippen LogP contribution >= 0.6 is 0 Å². The van der Waals surface area contributed by atoms with Crippen molar-refractivity contribution >= 4 is 17.7 Å². The molecule has 6 heteroatoms. The molecule has 3 amide bonds. The van der Waals surface area contributed by atoms with E-state index in [1.165, 1.54) is 37.9 Å². The molecule has 0 unspecified atom stereocenters. The average Bonchev–Trinajstić information content (AvgIpc) is 3.02. The summed E-state index contributed by atoms with van der Waals surface area (Å²) in [5.41, 5.74) is 3.19. The van der Waals surface area contributed by atoms with E-state index in [4.69, 9.17) is 0 Å². The molecule has 0 aliphatic carbocycles. The average molecular weight is 407 g/mol. The third kappa shape index (κ3) is 4.60. The molecule has 2 aromatic carbocycles. The fraction of sp³-hybridized carbons (Fsp3) is 0.375. The van der Waals surface area contributed by atoms with Gasteiger partial charge < -0.3 is 10.2 Å². The molecule has 2 aliphatic heterocycles. The Labute approximate surface area is 176 Å². The molecular weight excluding hydrogens is 378 g/mol. The van der Waals surface area contributed by atoms with Gasteiger partial charge in [-0.15, -0.1) is 0 Å². The highest BCUT2D eigenvalue weighted by molar-refractivity contribution is 6.21. The van der Waals surface area contributed by atoms with Gasteiger partial charge in [-0.3, -0.25) is 19.3 Å². The monoisotopic (exact) mass is 406 g/mol. The Morgan fingerprint density at radius 2 is 1.47 bits per heavy atom. The van der Waals surface area contributed by atoms with Crippen molar-refractivity contribution in [2.45, 2.75) is 38.8 Å². The summed E-state index contributed by atoms with van der Waals surface area (Å²) in [4.78, 5) is 39.7. The zero-order chi connectivity index (χ0) is 20.9. The first kappa shape index (κ1) is 20.3. The Bertz CT molecular complexity index is 898. The van der Waals surface area contributed by atoms with Crippen LogP contribution in [0.2, 0.25) is 0 Å². The minimum absolute atomic E-state index is 0.0930. The molecule has 2 N–H and O–H groups in total. The maximum atomic E-state index is 12.3. The summed E-state index contributed by atoms with van der Waals surface area (Å²) in [5, 5.41) is 2.88. The lowest BCUT2D eigenvalue weighted by Gasteiger charge is -2.23. The number of fused-ring (bicyclic) bond motifs is 1. The summed E-state index contributed by atoms with van der Waals surface area (Å²) >= 11 is 0. The molecule has 0 spiro atoms. The molecule has 0 bridgehead atoms. The van der Waals surface area contributed by atoms with Gasteiger partial charge in [0.2, 0.25) is 5.91 Å². The van der Waals surface area contributed by atoms with Gasteiger partial charge in [-0.25, -0.2) is 0 Å². The first-order valence-electron chi connectivity index (χ1n) is 10.7. The molecule has 6 nitrogen and oxygen atoms in total. The Kier molecular flexibility index (Phi) is 6.23. The van der Waals surface area contributed by atoms with Crippen LogP contribution in [0, 0.1) is 0 Å². The topological polar surface area (TPSA) is 70.9 Å². The molecule has 0 saturated carbocycles. The zero-order valence-electron chi connectivity index (χ0n) is 17.2. The third-order valence-electron chi connectivity index (χ3n) is 5.97. The maximum Gasteiger partial charge on any atom is 0.261 e. The summed E-state index contributed by atoms with van der Waals surface area (Å²) in [7, 11) is 0. The van der Waals surface area contributed by atoms with Crippen LogP contribution in [-0.2, 0) is 17.9 Å². The Hall–Kier alpha value is -2.99. The fourth-order valence-corrected chi connectivity index (χ4v) is 4.24. The van der Waals surface area contributed by atoms with Crippen molar-refractivity contribution in [1.82, 2.24) is 10.2 Å². The molecule has 1 saturated heterocycles. The van der Waals surface area contributed by atoms with Crippen LogP contribution in [0.3, 0.4) is 0 Å². The lowest BCUT2D eigenvalue weighted by Crippen LogP contribution is -3.11. The number of nitrogens with zero attached hydrogens (tertiary/aromatic N) is 1. The normalized spacial score (nSPS) is 16.6. The summed E-state index contributed by atoms with van der Waals surface area (Å²) in [5.74, 6) is -0.821. The lowest BCUT2D eigenvalue weighted by atomic mass is 10.1. The van der Waals surface area contributed by atoms with Gasteiger partial charge in [-0.05, 0) is 37.0 Å². The minimum Gasteiger partial charge on any atom is -0.352 e. The highest BCUT2D eigenvalue weighted by atomic mass is 16.2. The van der Waals surface area contributed by atoms with E-state index < -0.39 is 0 Å². The number of likely N-dealkylation sites (tertiary alicyclic amines) is 1. The quantitative estimate of drug-likeness (QED) is 0.686. The molecule has 4 rings (SSSR count). The number of piperidine rings is 1. The summed E-state index contributed by atoms with van der Waals surface area (Å²) in [6.07, 6.45) is 4.09. The Balaban J connectivity index is 1.22. The van der Waals surface area contributed by atoms with Gasteiger partial charge in [-0.1, -0.05) is 36.4 Å². The largest absolute Gasteiger partial charge is 0.352 e. The summed E-state index contributed by atoms with van der Waals surface area (Å²) in [6, 6.07) is 15.2. The van der Waals surface area contributed by atoms with Crippen molar-refractivity contribution in [2.75, 3.05) is 19.6 Å². The van der Waals surface area contributed by atoms with E-state index in [1.54, 1.807) is 29.2 Å². The second kappa shape index (κ2) is 9.22. The standard InChI is InChI=1S/C24H27N3O3/c28-22(12-15-27-23(29)20-6-2-3-7-21(20)24(27)30)25-16-18-8-10-19(11-9-18)17-26-13-4-1-5-14-26/h2-3,6-11H,1,4-5,12-17H2,(H,25,28)/p+1. The van der Waals surface area contributed by atoms with Gasteiger partial charge in [0.25, 0.3) is 11.8 Å². The number of carbonyl (C=O) groups excluding carboxylic acids is 3. The first-order chi connectivity index (χ1) is 14.6. The smallest absolute Gasteiger partial charge is 0.261 e. The van der Waals surface area contributed by atoms with Gasteiger partial charge in [0.05, 0.1) is 24.2 Å². The fourth-order valence-electron chi connectivity index (χ4n) is 4.24.